The molecule has 45 heavy (non-hydrogen) atoms. The second kappa shape index (κ2) is 11.4. The van der Waals surface area contributed by atoms with E-state index in [0.29, 0.717) is 11.5 Å². The molecule has 0 radical (unpaired) electrons. The third-order valence-electron chi connectivity index (χ3n) is 8.06. The standard InChI is InChI=1S/C37H30N2O4SSe/c1-23-13-18-33(39-31-9-5-7-11-34(31)45-35-12-8-6-10-32(35)39)37-36(23)29(25-19-26(42-2)21-27(20-25)43-3)22-30(38-37)24-14-16-28(17-15-24)44(4,40)41/h5-22H,1-4H3. The van der Waals surface area contributed by atoms with Crippen molar-refractivity contribution in [3.05, 3.63) is 115 Å². The molecule has 224 valence electrons. The number of anilines is 3. The van der Waals surface area contributed by atoms with Crippen LogP contribution in [0.2, 0.25) is 0 Å². The molecule has 0 bridgehead atoms. The number of nitrogens with zero attached hydrogens (tertiary/aromatic N) is 2. The number of rotatable bonds is 6. The number of sulfone groups is 1. The molecule has 0 aliphatic carbocycles. The second-order valence-corrected chi connectivity index (χ2v) is 15.2. The first kappa shape index (κ1) is 29.1. The topological polar surface area (TPSA) is 68.7 Å². The van der Waals surface area contributed by atoms with Crippen LogP contribution in [0.5, 0.6) is 11.5 Å². The summed E-state index contributed by atoms with van der Waals surface area (Å²) >= 11 is 0.173. The Morgan fingerprint density at radius 3 is 1.87 bits per heavy atom. The molecule has 0 saturated carbocycles. The number of hydrogen-bond acceptors (Lipinski definition) is 6. The van der Waals surface area contributed by atoms with Crippen molar-refractivity contribution in [3.8, 4) is 33.9 Å². The van der Waals surface area contributed by atoms with E-state index in [2.05, 4.69) is 78.6 Å². The van der Waals surface area contributed by atoms with Gasteiger partial charge in [0.1, 0.15) is 0 Å². The zero-order chi connectivity index (χ0) is 31.3. The molecule has 5 aromatic carbocycles. The Hall–Kier alpha value is -4.62. The first-order valence-corrected chi connectivity index (χ1v) is 18.0. The average molecular weight is 678 g/mol. The van der Waals surface area contributed by atoms with Gasteiger partial charge in [0.05, 0.1) is 0 Å². The van der Waals surface area contributed by atoms with E-state index in [1.54, 1.807) is 26.4 Å². The van der Waals surface area contributed by atoms with Gasteiger partial charge >= 0.3 is 256 Å². The van der Waals surface area contributed by atoms with E-state index in [1.165, 1.54) is 15.2 Å². The molecule has 8 heteroatoms. The zero-order valence-electron chi connectivity index (χ0n) is 25.2. The summed E-state index contributed by atoms with van der Waals surface area (Å²) in [7, 11) is -0.0463. The van der Waals surface area contributed by atoms with Crippen molar-refractivity contribution in [1.29, 1.82) is 0 Å². The van der Waals surface area contributed by atoms with Crippen LogP contribution >= 0.6 is 0 Å². The van der Waals surface area contributed by atoms with Crippen molar-refractivity contribution >= 4 is 61.7 Å². The Morgan fingerprint density at radius 2 is 1.29 bits per heavy atom. The summed E-state index contributed by atoms with van der Waals surface area (Å²) in [4.78, 5) is 7.94. The molecule has 1 aromatic heterocycles. The van der Waals surface area contributed by atoms with Gasteiger partial charge < -0.3 is 0 Å². The number of hydrogen-bond donors (Lipinski definition) is 0. The Kier molecular flexibility index (Phi) is 7.36. The molecule has 7 rings (SSSR count). The van der Waals surface area contributed by atoms with Gasteiger partial charge in [0, 0.05) is 6.26 Å². The van der Waals surface area contributed by atoms with Crippen molar-refractivity contribution in [1.82, 2.24) is 4.98 Å². The Labute approximate surface area is 269 Å². The number of aryl methyl sites for hydroxylation is 1. The SMILES string of the molecule is COc1cc(OC)cc(-c2cc(-c3ccc(S(C)(=O)=O)cc3)nc3c(N4c5ccccc5[Se]c5ccccc54)ccc(C)c23)c1. The minimum absolute atomic E-state index is 0.173. The Bertz CT molecular complexity index is 2150. The number of para-hydroxylation sites is 2. The van der Waals surface area contributed by atoms with Crippen LogP contribution in [0, 0.1) is 6.92 Å². The number of aromatic nitrogens is 1. The maximum atomic E-state index is 12.2. The number of fused-ring (bicyclic) bond motifs is 3. The summed E-state index contributed by atoms with van der Waals surface area (Å²) in [5.74, 6) is 1.37. The van der Waals surface area contributed by atoms with Crippen LogP contribution in [0.3, 0.4) is 0 Å². The fourth-order valence-electron chi connectivity index (χ4n) is 5.85. The third kappa shape index (κ3) is 5.25. The Balaban J connectivity index is 1.56. The van der Waals surface area contributed by atoms with Crippen LogP contribution in [-0.2, 0) is 9.84 Å². The molecule has 2 heterocycles. The van der Waals surface area contributed by atoms with Gasteiger partial charge in [-0.25, -0.2) is 8.42 Å². The molecule has 1 aliphatic heterocycles. The molecule has 6 nitrogen and oxygen atoms in total. The van der Waals surface area contributed by atoms with Gasteiger partial charge in [-0.2, -0.15) is 0 Å². The maximum absolute atomic E-state index is 12.2. The van der Waals surface area contributed by atoms with Gasteiger partial charge in [-0.3, -0.25) is 0 Å². The number of pyridine rings is 1. The van der Waals surface area contributed by atoms with Crippen molar-refractivity contribution in [2.45, 2.75) is 11.8 Å². The van der Waals surface area contributed by atoms with Gasteiger partial charge in [-0.05, 0) is 0 Å². The summed E-state index contributed by atoms with van der Waals surface area (Å²) < 4.78 is 38.4. The van der Waals surface area contributed by atoms with Gasteiger partial charge in [-0.1, -0.05) is 0 Å². The van der Waals surface area contributed by atoms with Crippen molar-refractivity contribution in [2.24, 2.45) is 0 Å². The van der Waals surface area contributed by atoms with Crippen LogP contribution < -0.4 is 23.3 Å². The minimum atomic E-state index is -3.34. The number of benzene rings is 5. The van der Waals surface area contributed by atoms with E-state index in [4.69, 9.17) is 14.5 Å². The van der Waals surface area contributed by atoms with Crippen LogP contribution in [0.15, 0.2) is 114 Å². The quantitative estimate of drug-likeness (QED) is 0.182. The average Bonchev–Trinajstić information content (AvgIpc) is 3.06. The second-order valence-electron chi connectivity index (χ2n) is 11.0. The normalized spacial score (nSPS) is 12.5. The molecule has 0 amide bonds. The zero-order valence-corrected chi connectivity index (χ0v) is 27.8. The summed E-state index contributed by atoms with van der Waals surface area (Å²) in [5, 5.41) is 1.02. The molecule has 0 N–H and O–H groups in total. The summed E-state index contributed by atoms with van der Waals surface area (Å²) in [5.41, 5.74) is 8.64. The first-order valence-electron chi connectivity index (χ1n) is 14.4. The summed E-state index contributed by atoms with van der Waals surface area (Å²) in [6.07, 6.45) is 1.22. The van der Waals surface area contributed by atoms with E-state index in [1.807, 2.05) is 30.3 Å². The molecule has 0 fully saturated rings. The molecule has 6 aromatic rings. The fraction of sp³-hybridized carbons (Fsp3) is 0.108. The molecular formula is C37H30N2O4SSe. The van der Waals surface area contributed by atoms with Crippen molar-refractivity contribution in [2.75, 3.05) is 25.4 Å². The summed E-state index contributed by atoms with van der Waals surface area (Å²) in [6.45, 7) is 2.11. The van der Waals surface area contributed by atoms with Gasteiger partial charge in [0.15, 0.2) is 0 Å². The van der Waals surface area contributed by atoms with E-state index in [-0.39, 0.29) is 19.9 Å². The van der Waals surface area contributed by atoms with E-state index in [0.717, 1.165) is 55.9 Å². The van der Waals surface area contributed by atoms with Gasteiger partial charge in [-0.15, -0.1) is 0 Å². The molecule has 0 spiro atoms. The molecule has 0 atom stereocenters. The van der Waals surface area contributed by atoms with Crippen LogP contribution in [0.25, 0.3) is 33.3 Å². The molecule has 1 aliphatic rings. The third-order valence-corrected chi connectivity index (χ3v) is 11.6. The van der Waals surface area contributed by atoms with Crippen LogP contribution in [0.4, 0.5) is 17.1 Å². The molecular weight excluding hydrogens is 647 g/mol. The predicted octanol–water partition coefficient (Wildman–Crippen LogP) is 6.74. The number of methoxy groups -OCH3 is 2. The first-order chi connectivity index (χ1) is 21.7. The van der Waals surface area contributed by atoms with Gasteiger partial charge in [0.25, 0.3) is 0 Å². The van der Waals surface area contributed by atoms with Crippen molar-refractivity contribution in [3.63, 3.8) is 0 Å². The van der Waals surface area contributed by atoms with Crippen LogP contribution in [-0.4, -0.2) is 48.8 Å². The summed E-state index contributed by atoms with van der Waals surface area (Å²) in [6, 6.07) is 36.4. The van der Waals surface area contributed by atoms with E-state index >= 15 is 0 Å². The van der Waals surface area contributed by atoms with Crippen molar-refractivity contribution < 1.29 is 17.9 Å². The predicted molar refractivity (Wildman–Crippen MR) is 183 cm³/mol. The fourth-order valence-corrected chi connectivity index (χ4v) is 8.70. The monoisotopic (exact) mass is 678 g/mol. The Morgan fingerprint density at radius 1 is 0.689 bits per heavy atom. The molecule has 0 unspecified atom stereocenters. The number of ether oxygens (including phenoxy) is 2. The van der Waals surface area contributed by atoms with Gasteiger partial charge in [0.2, 0.25) is 0 Å². The van der Waals surface area contributed by atoms with Crippen LogP contribution in [0.1, 0.15) is 5.56 Å². The molecule has 0 saturated heterocycles. The van der Waals surface area contributed by atoms with E-state index < -0.39 is 9.84 Å². The van der Waals surface area contributed by atoms with E-state index in [9.17, 15) is 8.42 Å².